The molecule has 0 atom stereocenters. The third-order valence-electron chi connectivity index (χ3n) is 4.69. The van der Waals surface area contributed by atoms with Crippen LogP contribution in [0.3, 0.4) is 0 Å². The van der Waals surface area contributed by atoms with E-state index < -0.39 is 0 Å². The lowest BCUT2D eigenvalue weighted by molar-refractivity contribution is 0.104. The second-order valence-corrected chi connectivity index (χ2v) is 6.83. The van der Waals surface area contributed by atoms with Gasteiger partial charge >= 0.3 is 0 Å². The van der Waals surface area contributed by atoms with Gasteiger partial charge in [0.05, 0.1) is 7.11 Å². The smallest absolute Gasteiger partial charge is 0.185 e. The summed E-state index contributed by atoms with van der Waals surface area (Å²) in [6.45, 7) is 0.240. The minimum Gasteiger partial charge on any atom is -0.497 e. The molecule has 0 radical (unpaired) electrons. The number of aromatic nitrogens is 1. The predicted octanol–water partition coefficient (Wildman–Crippen LogP) is 5.83. The third-order valence-corrected chi connectivity index (χ3v) is 4.69. The molecule has 1 aromatic heterocycles. The highest BCUT2D eigenvalue weighted by atomic mass is 16.5. The van der Waals surface area contributed by atoms with Crippen molar-refractivity contribution in [3.63, 3.8) is 0 Å². The molecule has 0 unspecified atom stereocenters. The van der Waals surface area contributed by atoms with Gasteiger partial charge in [-0.3, -0.25) is 4.79 Å². The van der Waals surface area contributed by atoms with Crippen molar-refractivity contribution in [2.45, 2.75) is 6.61 Å². The van der Waals surface area contributed by atoms with Crippen LogP contribution in [0, 0.1) is 0 Å². The molecular formula is C26H21NO4. The Bertz CT molecular complexity index is 1160. The van der Waals surface area contributed by atoms with Gasteiger partial charge in [-0.1, -0.05) is 41.6 Å². The minimum absolute atomic E-state index is 0.0604. The topological polar surface area (TPSA) is 61.6 Å². The van der Waals surface area contributed by atoms with Crippen LogP contribution in [0.4, 0.5) is 0 Å². The van der Waals surface area contributed by atoms with Crippen LogP contribution in [0.5, 0.6) is 11.5 Å². The summed E-state index contributed by atoms with van der Waals surface area (Å²) in [4.78, 5) is 12.3. The van der Waals surface area contributed by atoms with E-state index in [1.165, 1.54) is 0 Å². The first-order valence-corrected chi connectivity index (χ1v) is 9.81. The van der Waals surface area contributed by atoms with Crippen LogP contribution in [-0.4, -0.2) is 18.0 Å². The van der Waals surface area contributed by atoms with E-state index in [1.54, 1.807) is 43.5 Å². The lowest BCUT2D eigenvalue weighted by Gasteiger charge is -2.04. The maximum Gasteiger partial charge on any atom is 0.185 e. The standard InChI is InChI=1S/C26H21NO4/c1-29-22-12-8-20(9-13-22)25-17-24(31-27-25)18-30-23-14-10-21(11-15-23)26(28)16-7-19-5-3-2-4-6-19/h2-17H,18H2,1H3/b16-7+. The summed E-state index contributed by atoms with van der Waals surface area (Å²) in [5.74, 6) is 1.98. The van der Waals surface area contributed by atoms with Crippen LogP contribution in [0.25, 0.3) is 17.3 Å². The zero-order chi connectivity index (χ0) is 21.5. The minimum atomic E-state index is -0.0604. The second kappa shape index (κ2) is 9.59. The van der Waals surface area contributed by atoms with Gasteiger partial charge < -0.3 is 14.0 Å². The van der Waals surface area contributed by atoms with Crippen LogP contribution in [0.1, 0.15) is 21.7 Å². The van der Waals surface area contributed by atoms with E-state index in [0.29, 0.717) is 17.1 Å². The van der Waals surface area contributed by atoms with Crippen LogP contribution in [0.2, 0.25) is 0 Å². The molecule has 0 spiro atoms. The third kappa shape index (κ3) is 5.28. The van der Waals surface area contributed by atoms with E-state index in [1.807, 2.05) is 60.7 Å². The summed E-state index contributed by atoms with van der Waals surface area (Å²) in [6.07, 6.45) is 3.37. The quantitative estimate of drug-likeness (QED) is 0.270. The average Bonchev–Trinajstić information content (AvgIpc) is 3.31. The number of benzene rings is 3. The molecule has 5 heteroatoms. The van der Waals surface area contributed by atoms with E-state index in [0.717, 1.165) is 22.6 Å². The van der Waals surface area contributed by atoms with Gasteiger partial charge in [-0.05, 0) is 60.2 Å². The Kier molecular flexibility index (Phi) is 6.24. The normalized spacial score (nSPS) is 10.9. The monoisotopic (exact) mass is 411 g/mol. The molecule has 0 bridgehead atoms. The molecule has 154 valence electrons. The van der Waals surface area contributed by atoms with E-state index in [-0.39, 0.29) is 12.4 Å². The number of rotatable bonds is 8. The fraction of sp³-hybridized carbons (Fsp3) is 0.0769. The fourth-order valence-corrected chi connectivity index (χ4v) is 2.98. The van der Waals surface area contributed by atoms with Gasteiger partial charge in [-0.25, -0.2) is 0 Å². The lowest BCUT2D eigenvalue weighted by Crippen LogP contribution is -1.96. The molecule has 3 aromatic carbocycles. The molecule has 0 N–H and O–H groups in total. The Morgan fingerprint density at radius 2 is 1.65 bits per heavy atom. The molecule has 4 rings (SSSR count). The van der Waals surface area contributed by atoms with Gasteiger partial charge in [0.15, 0.2) is 11.5 Å². The number of carbonyl (C=O) groups is 1. The zero-order valence-corrected chi connectivity index (χ0v) is 17.0. The van der Waals surface area contributed by atoms with Gasteiger partial charge in [-0.2, -0.15) is 0 Å². The van der Waals surface area contributed by atoms with Crippen LogP contribution in [0.15, 0.2) is 95.5 Å². The maximum atomic E-state index is 12.3. The summed E-state index contributed by atoms with van der Waals surface area (Å²) >= 11 is 0. The summed E-state index contributed by atoms with van der Waals surface area (Å²) in [6, 6.07) is 26.2. The number of ketones is 1. The Hall–Kier alpha value is -4.12. The highest BCUT2D eigenvalue weighted by molar-refractivity contribution is 6.06. The molecular weight excluding hydrogens is 390 g/mol. The molecule has 0 saturated heterocycles. The highest BCUT2D eigenvalue weighted by Crippen LogP contribution is 2.23. The van der Waals surface area contributed by atoms with Crippen molar-refractivity contribution in [3.8, 4) is 22.8 Å². The Balaban J connectivity index is 1.34. The van der Waals surface area contributed by atoms with Crippen molar-refractivity contribution in [3.05, 3.63) is 108 Å². The van der Waals surface area contributed by atoms with Crippen LogP contribution >= 0.6 is 0 Å². The largest absolute Gasteiger partial charge is 0.497 e. The molecule has 31 heavy (non-hydrogen) atoms. The number of hydrogen-bond donors (Lipinski definition) is 0. The zero-order valence-electron chi connectivity index (χ0n) is 17.0. The Morgan fingerprint density at radius 1 is 0.935 bits per heavy atom. The summed E-state index contributed by atoms with van der Waals surface area (Å²) in [5.41, 5.74) is 3.24. The van der Waals surface area contributed by atoms with Crippen molar-refractivity contribution in [2.75, 3.05) is 7.11 Å². The van der Waals surface area contributed by atoms with Crippen molar-refractivity contribution in [1.29, 1.82) is 0 Å². The van der Waals surface area contributed by atoms with Crippen LogP contribution in [-0.2, 0) is 6.61 Å². The molecule has 0 aliphatic rings. The highest BCUT2D eigenvalue weighted by Gasteiger charge is 2.08. The second-order valence-electron chi connectivity index (χ2n) is 6.83. The predicted molar refractivity (Wildman–Crippen MR) is 119 cm³/mol. The lowest BCUT2D eigenvalue weighted by atomic mass is 10.1. The molecule has 0 saturated carbocycles. The molecule has 0 amide bonds. The maximum absolute atomic E-state index is 12.3. The number of hydrogen-bond acceptors (Lipinski definition) is 5. The Labute approximate surface area is 180 Å². The molecule has 0 aliphatic carbocycles. The van der Waals surface area contributed by atoms with Crippen molar-refractivity contribution in [1.82, 2.24) is 5.16 Å². The first-order valence-electron chi connectivity index (χ1n) is 9.81. The number of ether oxygens (including phenoxy) is 2. The van der Waals surface area contributed by atoms with Crippen molar-refractivity contribution in [2.24, 2.45) is 0 Å². The van der Waals surface area contributed by atoms with Crippen molar-refractivity contribution >= 4 is 11.9 Å². The van der Waals surface area contributed by atoms with Gasteiger partial charge in [0.25, 0.3) is 0 Å². The molecule has 1 heterocycles. The van der Waals surface area contributed by atoms with Gasteiger partial charge in [0, 0.05) is 17.2 Å². The summed E-state index contributed by atoms with van der Waals surface area (Å²) in [7, 11) is 1.63. The number of allylic oxidation sites excluding steroid dienone is 1. The Morgan fingerprint density at radius 3 is 2.35 bits per heavy atom. The van der Waals surface area contributed by atoms with E-state index in [9.17, 15) is 4.79 Å². The van der Waals surface area contributed by atoms with E-state index >= 15 is 0 Å². The molecule has 0 aliphatic heterocycles. The summed E-state index contributed by atoms with van der Waals surface area (Å²) in [5, 5.41) is 4.09. The number of nitrogens with zero attached hydrogens (tertiary/aromatic N) is 1. The van der Waals surface area contributed by atoms with Gasteiger partial charge in [0.2, 0.25) is 0 Å². The van der Waals surface area contributed by atoms with E-state index in [4.69, 9.17) is 14.0 Å². The van der Waals surface area contributed by atoms with Crippen molar-refractivity contribution < 1.29 is 18.8 Å². The molecule has 4 aromatic rings. The summed E-state index contributed by atoms with van der Waals surface area (Å²) < 4.78 is 16.3. The number of methoxy groups -OCH3 is 1. The first kappa shape index (κ1) is 20.2. The van der Waals surface area contributed by atoms with E-state index in [2.05, 4.69) is 5.16 Å². The molecule has 5 nitrogen and oxygen atoms in total. The SMILES string of the molecule is COc1ccc(-c2cc(COc3ccc(C(=O)/C=C/c4ccccc4)cc3)on2)cc1. The number of carbonyl (C=O) groups excluding carboxylic acids is 1. The first-order chi connectivity index (χ1) is 15.2. The van der Waals surface area contributed by atoms with Gasteiger partial charge in [-0.15, -0.1) is 0 Å². The average molecular weight is 411 g/mol. The fourth-order valence-electron chi connectivity index (χ4n) is 2.98. The van der Waals surface area contributed by atoms with Gasteiger partial charge in [0.1, 0.15) is 23.8 Å². The molecule has 0 fully saturated rings. The van der Waals surface area contributed by atoms with Crippen LogP contribution < -0.4 is 9.47 Å².